The maximum absolute atomic E-state index is 12.2. The topological polar surface area (TPSA) is 68.3 Å². The zero-order valence-corrected chi connectivity index (χ0v) is 15.3. The maximum atomic E-state index is 12.2. The third-order valence-corrected chi connectivity index (χ3v) is 7.90. The Kier molecular flexibility index (Phi) is 9.28. The highest BCUT2D eigenvalue weighted by atomic mass is 32.2. The molecule has 126 valence electrons. The van der Waals surface area contributed by atoms with Gasteiger partial charge in [-0.05, 0) is 27.7 Å². The van der Waals surface area contributed by atoms with E-state index in [-0.39, 0.29) is 11.5 Å². The molecule has 0 fully saturated rings. The molecule has 0 aromatic rings. The summed E-state index contributed by atoms with van der Waals surface area (Å²) in [6, 6.07) is 0. The van der Waals surface area contributed by atoms with Crippen LogP contribution in [-0.4, -0.2) is 38.8 Å². The molecule has 0 amide bonds. The monoisotopic (exact) mass is 346 g/mol. The quantitative estimate of drug-likeness (QED) is 0.602. The van der Waals surface area contributed by atoms with Crippen LogP contribution in [0.1, 0.15) is 27.7 Å². The Morgan fingerprint density at radius 3 is 1.27 bits per heavy atom. The van der Waals surface area contributed by atoms with Crippen molar-refractivity contribution in [2.75, 3.05) is 11.5 Å². The Labute approximate surface area is 135 Å². The van der Waals surface area contributed by atoms with Crippen molar-refractivity contribution in [2.45, 2.75) is 38.2 Å². The molecule has 0 aliphatic carbocycles. The smallest absolute Gasteiger partial charge is 0.157 e. The summed E-state index contributed by atoms with van der Waals surface area (Å²) in [6.07, 6.45) is 13.4. The van der Waals surface area contributed by atoms with Gasteiger partial charge in [-0.2, -0.15) is 0 Å². The highest BCUT2D eigenvalue weighted by Crippen LogP contribution is 2.16. The van der Waals surface area contributed by atoms with Gasteiger partial charge < -0.3 is 0 Å². The Bertz CT molecular complexity index is 578. The molecule has 0 N–H and O–H groups in total. The first-order chi connectivity index (χ1) is 10.2. The zero-order chi connectivity index (χ0) is 17.2. The van der Waals surface area contributed by atoms with Crippen molar-refractivity contribution in [1.29, 1.82) is 0 Å². The van der Waals surface area contributed by atoms with E-state index in [2.05, 4.69) is 0 Å². The lowest BCUT2D eigenvalue weighted by atomic mass is 10.4. The van der Waals surface area contributed by atoms with E-state index in [1.807, 2.05) is 13.8 Å². The number of hydrogen-bond acceptors (Lipinski definition) is 4. The molecule has 0 radical (unpaired) electrons. The van der Waals surface area contributed by atoms with Crippen LogP contribution in [0.2, 0.25) is 0 Å². The van der Waals surface area contributed by atoms with E-state index in [1.165, 1.54) is 26.0 Å². The van der Waals surface area contributed by atoms with Crippen molar-refractivity contribution in [2.24, 2.45) is 0 Å². The van der Waals surface area contributed by atoms with Gasteiger partial charge in [-0.25, -0.2) is 16.8 Å². The summed E-state index contributed by atoms with van der Waals surface area (Å²) in [6.45, 7) is 6.57. The van der Waals surface area contributed by atoms with Gasteiger partial charge in [0, 0.05) is 0 Å². The van der Waals surface area contributed by atoms with Crippen LogP contribution < -0.4 is 0 Å². The SMILES string of the molecule is CC=CC=CCS(=O)(=O)C(C)C(C)S(=O)(=O)CC=CC=CC. The third kappa shape index (κ3) is 7.22. The minimum atomic E-state index is -3.50. The van der Waals surface area contributed by atoms with Gasteiger partial charge in [0.2, 0.25) is 0 Å². The van der Waals surface area contributed by atoms with E-state index < -0.39 is 30.2 Å². The molecule has 0 aliphatic heterocycles. The molecule has 0 saturated carbocycles. The predicted molar refractivity (Wildman–Crippen MR) is 94.4 cm³/mol. The fraction of sp³-hybridized carbons (Fsp3) is 0.500. The minimum Gasteiger partial charge on any atom is -0.228 e. The van der Waals surface area contributed by atoms with Crippen molar-refractivity contribution in [3.63, 3.8) is 0 Å². The van der Waals surface area contributed by atoms with Crippen LogP contribution in [0.4, 0.5) is 0 Å². The summed E-state index contributed by atoms with van der Waals surface area (Å²) in [7, 11) is -6.99. The Morgan fingerprint density at radius 2 is 1.00 bits per heavy atom. The van der Waals surface area contributed by atoms with Gasteiger partial charge in [-0.15, -0.1) is 0 Å². The molecule has 2 unspecified atom stereocenters. The van der Waals surface area contributed by atoms with Gasteiger partial charge in [0.25, 0.3) is 0 Å². The fourth-order valence-corrected chi connectivity index (χ4v) is 5.20. The van der Waals surface area contributed by atoms with Gasteiger partial charge in [0.1, 0.15) is 0 Å². The maximum Gasteiger partial charge on any atom is 0.157 e. The normalized spacial score (nSPS) is 17.1. The first-order valence-corrected chi connectivity index (χ1v) is 10.6. The number of hydrogen-bond donors (Lipinski definition) is 0. The van der Waals surface area contributed by atoms with Crippen LogP contribution in [0, 0.1) is 0 Å². The number of sulfone groups is 2. The number of rotatable bonds is 9. The summed E-state index contributed by atoms with van der Waals surface area (Å²) in [5.74, 6) is -0.320. The zero-order valence-electron chi connectivity index (χ0n) is 13.6. The van der Waals surface area contributed by atoms with Gasteiger partial charge in [0.15, 0.2) is 19.7 Å². The molecule has 0 saturated heterocycles. The molecule has 0 aliphatic rings. The van der Waals surface area contributed by atoms with E-state index in [0.29, 0.717) is 0 Å². The van der Waals surface area contributed by atoms with Gasteiger partial charge in [0.05, 0.1) is 22.0 Å². The Morgan fingerprint density at radius 1 is 0.682 bits per heavy atom. The fourth-order valence-electron chi connectivity index (χ4n) is 1.65. The van der Waals surface area contributed by atoms with E-state index in [4.69, 9.17) is 0 Å². The second kappa shape index (κ2) is 9.79. The van der Waals surface area contributed by atoms with Gasteiger partial charge >= 0.3 is 0 Å². The van der Waals surface area contributed by atoms with E-state index >= 15 is 0 Å². The summed E-state index contributed by atoms with van der Waals surface area (Å²) >= 11 is 0. The predicted octanol–water partition coefficient (Wildman–Crippen LogP) is 2.86. The second-order valence-electron chi connectivity index (χ2n) is 4.98. The van der Waals surface area contributed by atoms with Crippen LogP contribution in [0.15, 0.2) is 48.6 Å². The van der Waals surface area contributed by atoms with Gasteiger partial charge in [-0.3, -0.25) is 0 Å². The van der Waals surface area contributed by atoms with Crippen LogP contribution in [0.25, 0.3) is 0 Å². The molecular weight excluding hydrogens is 320 g/mol. The summed E-state index contributed by atoms with van der Waals surface area (Å²) in [4.78, 5) is 0. The molecule has 0 spiro atoms. The second-order valence-corrected chi connectivity index (χ2v) is 9.78. The van der Waals surface area contributed by atoms with Crippen molar-refractivity contribution in [3.05, 3.63) is 48.6 Å². The summed E-state index contributed by atoms with van der Waals surface area (Å²) < 4.78 is 48.8. The first kappa shape index (κ1) is 20.9. The van der Waals surface area contributed by atoms with Gasteiger partial charge in [-0.1, -0.05) is 48.6 Å². The molecule has 22 heavy (non-hydrogen) atoms. The lowest BCUT2D eigenvalue weighted by molar-refractivity contribution is 0.565. The standard InChI is InChI=1S/C16H26O4S2/c1-5-7-9-11-13-21(17,18)15(3)16(4)22(19,20)14-12-10-8-6-2/h5-12,15-16H,13-14H2,1-4H3. The molecule has 0 bridgehead atoms. The van der Waals surface area contributed by atoms with Crippen LogP contribution in [0.3, 0.4) is 0 Å². The van der Waals surface area contributed by atoms with Crippen LogP contribution >= 0.6 is 0 Å². The van der Waals surface area contributed by atoms with Crippen LogP contribution in [-0.2, 0) is 19.7 Å². The molecule has 0 aromatic carbocycles. The van der Waals surface area contributed by atoms with Crippen molar-refractivity contribution in [3.8, 4) is 0 Å². The molecule has 6 heteroatoms. The highest BCUT2D eigenvalue weighted by molar-refractivity contribution is 7.96. The average molecular weight is 347 g/mol. The van der Waals surface area contributed by atoms with Crippen molar-refractivity contribution >= 4 is 19.7 Å². The van der Waals surface area contributed by atoms with Crippen molar-refractivity contribution < 1.29 is 16.8 Å². The number of allylic oxidation sites excluding steroid dienone is 6. The largest absolute Gasteiger partial charge is 0.228 e. The minimum absolute atomic E-state index is 0.160. The van der Waals surface area contributed by atoms with E-state index in [1.54, 1.807) is 36.5 Å². The van der Waals surface area contributed by atoms with Crippen molar-refractivity contribution in [1.82, 2.24) is 0 Å². The first-order valence-electron chi connectivity index (χ1n) is 7.17. The Hall–Kier alpha value is -1.14. The third-order valence-electron chi connectivity index (χ3n) is 3.33. The molecule has 0 heterocycles. The average Bonchev–Trinajstić information content (AvgIpc) is 2.46. The molecular formula is C16H26O4S2. The van der Waals surface area contributed by atoms with E-state index in [0.717, 1.165) is 0 Å². The van der Waals surface area contributed by atoms with E-state index in [9.17, 15) is 16.8 Å². The molecule has 2 atom stereocenters. The summed E-state index contributed by atoms with van der Waals surface area (Å²) in [5.41, 5.74) is 0. The molecule has 0 rings (SSSR count). The highest BCUT2D eigenvalue weighted by Gasteiger charge is 2.33. The Balaban J connectivity index is 4.98. The molecule has 4 nitrogen and oxygen atoms in total. The lowest BCUT2D eigenvalue weighted by Gasteiger charge is -2.19. The molecule has 0 aromatic heterocycles. The lowest BCUT2D eigenvalue weighted by Crippen LogP contribution is -2.37. The summed E-state index contributed by atoms with van der Waals surface area (Å²) in [5, 5.41) is -1.88. The van der Waals surface area contributed by atoms with Crippen LogP contribution in [0.5, 0.6) is 0 Å².